The van der Waals surface area contributed by atoms with E-state index in [0.29, 0.717) is 0 Å². The maximum Gasteiger partial charge on any atom is 0.145 e. The normalized spacial score (nSPS) is 10.5. The summed E-state index contributed by atoms with van der Waals surface area (Å²) in [5.41, 5.74) is 8.56. The monoisotopic (exact) mass is 202 g/mol. The van der Waals surface area contributed by atoms with Gasteiger partial charge < -0.3 is 10.5 Å². The van der Waals surface area contributed by atoms with E-state index < -0.39 is 0 Å². The predicted octanol–water partition coefficient (Wildman–Crippen LogP) is 2.39. The van der Waals surface area contributed by atoms with Crippen molar-refractivity contribution in [3.63, 3.8) is 0 Å². The van der Waals surface area contributed by atoms with Gasteiger partial charge in [-0.1, -0.05) is 19.1 Å². The largest absolute Gasteiger partial charge is 0.494 e. The molecule has 0 unspecified atom stereocenters. The van der Waals surface area contributed by atoms with E-state index in [0.717, 1.165) is 34.5 Å². The Kier molecular flexibility index (Phi) is 2.46. The van der Waals surface area contributed by atoms with E-state index in [1.807, 2.05) is 24.3 Å². The molecule has 0 bridgehead atoms. The predicted molar refractivity (Wildman–Crippen MR) is 62.1 cm³/mol. The first kappa shape index (κ1) is 9.77. The highest BCUT2D eigenvalue weighted by molar-refractivity contribution is 5.94. The van der Waals surface area contributed by atoms with Gasteiger partial charge in [0.25, 0.3) is 0 Å². The number of nitrogens with two attached hydrogens (primary N) is 1. The average Bonchev–Trinajstić information content (AvgIpc) is 2.28. The van der Waals surface area contributed by atoms with Crippen molar-refractivity contribution in [3.05, 3.63) is 30.0 Å². The molecule has 0 aliphatic rings. The summed E-state index contributed by atoms with van der Waals surface area (Å²) < 4.78 is 5.26. The van der Waals surface area contributed by atoms with E-state index >= 15 is 0 Å². The molecule has 2 aromatic rings. The lowest BCUT2D eigenvalue weighted by Crippen LogP contribution is -1.96. The van der Waals surface area contributed by atoms with Gasteiger partial charge in [0.2, 0.25) is 0 Å². The lowest BCUT2D eigenvalue weighted by molar-refractivity contribution is 0.419. The van der Waals surface area contributed by atoms with Crippen LogP contribution in [-0.4, -0.2) is 12.1 Å². The van der Waals surface area contributed by atoms with Gasteiger partial charge in [-0.05, 0) is 18.6 Å². The number of hydrogen-bond acceptors (Lipinski definition) is 3. The van der Waals surface area contributed by atoms with Crippen LogP contribution in [-0.2, 0) is 6.42 Å². The van der Waals surface area contributed by atoms with Crippen LogP contribution in [0, 0.1) is 0 Å². The number of fused-ring (bicyclic) bond motifs is 1. The molecule has 2 N–H and O–H groups in total. The molecule has 15 heavy (non-hydrogen) atoms. The highest BCUT2D eigenvalue weighted by atomic mass is 16.5. The molecule has 0 saturated heterocycles. The van der Waals surface area contributed by atoms with E-state index in [9.17, 15) is 0 Å². The number of rotatable bonds is 2. The lowest BCUT2D eigenvalue weighted by Gasteiger charge is -2.08. The van der Waals surface area contributed by atoms with Crippen molar-refractivity contribution in [2.75, 3.05) is 12.8 Å². The number of anilines is 1. The third kappa shape index (κ3) is 1.61. The van der Waals surface area contributed by atoms with Gasteiger partial charge in [-0.15, -0.1) is 0 Å². The van der Waals surface area contributed by atoms with Gasteiger partial charge in [0.15, 0.2) is 0 Å². The van der Waals surface area contributed by atoms with Crippen LogP contribution >= 0.6 is 0 Å². The Labute approximate surface area is 88.9 Å². The number of hydrogen-bond donors (Lipinski definition) is 1. The summed E-state index contributed by atoms with van der Waals surface area (Å²) in [5.74, 6) is 0.773. The molecule has 3 heteroatoms. The topological polar surface area (TPSA) is 48.1 Å². The molecule has 0 aliphatic heterocycles. The van der Waals surface area contributed by atoms with Gasteiger partial charge in [-0.25, -0.2) is 4.98 Å². The summed E-state index contributed by atoms with van der Waals surface area (Å²) in [6.45, 7) is 2.06. The Bertz CT molecular complexity index is 494. The Hall–Kier alpha value is -1.77. The van der Waals surface area contributed by atoms with Gasteiger partial charge in [0.1, 0.15) is 11.3 Å². The Balaban J connectivity index is 2.79. The molecule has 0 saturated carbocycles. The van der Waals surface area contributed by atoms with Crippen LogP contribution < -0.4 is 10.5 Å². The second-order valence-electron chi connectivity index (χ2n) is 3.41. The Morgan fingerprint density at radius 1 is 1.40 bits per heavy atom. The maximum atomic E-state index is 5.96. The van der Waals surface area contributed by atoms with Gasteiger partial charge in [-0.2, -0.15) is 0 Å². The summed E-state index contributed by atoms with van der Waals surface area (Å²) in [4.78, 5) is 4.52. The zero-order valence-electron chi connectivity index (χ0n) is 8.95. The van der Waals surface area contributed by atoms with Crippen molar-refractivity contribution in [2.24, 2.45) is 0 Å². The van der Waals surface area contributed by atoms with Gasteiger partial charge in [-0.3, -0.25) is 0 Å². The fourth-order valence-corrected chi connectivity index (χ4v) is 1.65. The molecule has 0 spiro atoms. The van der Waals surface area contributed by atoms with Crippen LogP contribution in [0.2, 0.25) is 0 Å². The van der Waals surface area contributed by atoms with E-state index in [1.54, 1.807) is 7.11 Å². The average molecular weight is 202 g/mol. The first-order valence-corrected chi connectivity index (χ1v) is 4.98. The van der Waals surface area contributed by atoms with E-state index in [1.165, 1.54) is 0 Å². The third-order valence-corrected chi connectivity index (χ3v) is 2.47. The van der Waals surface area contributed by atoms with Gasteiger partial charge in [0.05, 0.1) is 7.11 Å². The maximum absolute atomic E-state index is 5.96. The highest BCUT2D eigenvalue weighted by Gasteiger charge is 2.06. The fraction of sp³-hybridized carbons (Fsp3) is 0.250. The second-order valence-corrected chi connectivity index (χ2v) is 3.41. The quantitative estimate of drug-likeness (QED) is 0.813. The van der Waals surface area contributed by atoms with Gasteiger partial charge >= 0.3 is 0 Å². The Morgan fingerprint density at radius 2 is 2.20 bits per heavy atom. The third-order valence-electron chi connectivity index (χ3n) is 2.47. The molecule has 1 aromatic heterocycles. The van der Waals surface area contributed by atoms with E-state index in [2.05, 4.69) is 11.9 Å². The molecule has 0 atom stereocenters. The number of methoxy groups -OCH3 is 1. The number of benzene rings is 1. The molecular formula is C12H14N2O. The summed E-state index contributed by atoms with van der Waals surface area (Å²) in [7, 11) is 1.64. The van der Waals surface area contributed by atoms with Crippen LogP contribution in [0.25, 0.3) is 10.9 Å². The van der Waals surface area contributed by atoms with Crippen LogP contribution in [0.1, 0.15) is 12.6 Å². The SMILES string of the molecule is CCc1cc(N)c2cccc(OC)c2n1. The molecule has 0 fully saturated rings. The second kappa shape index (κ2) is 3.77. The molecular weight excluding hydrogens is 188 g/mol. The zero-order chi connectivity index (χ0) is 10.8. The van der Waals surface area contributed by atoms with Crippen molar-refractivity contribution in [1.82, 2.24) is 4.98 Å². The molecule has 3 nitrogen and oxygen atoms in total. The number of nitrogen functional groups attached to an aromatic ring is 1. The smallest absolute Gasteiger partial charge is 0.145 e. The standard InChI is InChI=1S/C12H14N2O/c1-3-8-7-10(13)9-5-4-6-11(15-2)12(9)14-8/h4-7H,3H2,1-2H3,(H2,13,14). The first-order valence-electron chi connectivity index (χ1n) is 4.98. The summed E-state index contributed by atoms with van der Waals surface area (Å²) in [6, 6.07) is 7.69. The molecule has 0 radical (unpaired) electrons. The van der Waals surface area contributed by atoms with Crippen LogP contribution in [0.5, 0.6) is 5.75 Å². The number of ether oxygens (including phenoxy) is 1. The number of pyridine rings is 1. The molecule has 1 heterocycles. The lowest BCUT2D eigenvalue weighted by atomic mass is 10.1. The van der Waals surface area contributed by atoms with Crippen molar-refractivity contribution >= 4 is 16.6 Å². The van der Waals surface area contributed by atoms with Crippen LogP contribution in [0.15, 0.2) is 24.3 Å². The van der Waals surface area contributed by atoms with Crippen molar-refractivity contribution in [2.45, 2.75) is 13.3 Å². The van der Waals surface area contributed by atoms with Gasteiger partial charge in [0, 0.05) is 16.8 Å². The molecule has 0 amide bonds. The minimum atomic E-state index is 0.760. The minimum Gasteiger partial charge on any atom is -0.494 e. The number of aryl methyl sites for hydroxylation is 1. The van der Waals surface area contributed by atoms with Crippen LogP contribution in [0.3, 0.4) is 0 Å². The minimum absolute atomic E-state index is 0.760. The number of para-hydroxylation sites is 1. The van der Waals surface area contributed by atoms with Crippen molar-refractivity contribution < 1.29 is 4.74 Å². The van der Waals surface area contributed by atoms with Crippen LogP contribution in [0.4, 0.5) is 5.69 Å². The zero-order valence-corrected chi connectivity index (χ0v) is 8.95. The molecule has 0 aliphatic carbocycles. The van der Waals surface area contributed by atoms with Crippen molar-refractivity contribution in [1.29, 1.82) is 0 Å². The highest BCUT2D eigenvalue weighted by Crippen LogP contribution is 2.28. The first-order chi connectivity index (χ1) is 7.26. The molecule has 78 valence electrons. The summed E-state index contributed by atoms with van der Waals surface area (Å²) >= 11 is 0. The Morgan fingerprint density at radius 3 is 2.87 bits per heavy atom. The summed E-state index contributed by atoms with van der Waals surface area (Å²) in [6.07, 6.45) is 0.873. The molecule has 2 rings (SSSR count). The fourth-order valence-electron chi connectivity index (χ4n) is 1.65. The van der Waals surface area contributed by atoms with E-state index in [-0.39, 0.29) is 0 Å². The summed E-state index contributed by atoms with van der Waals surface area (Å²) in [5, 5.41) is 0.951. The van der Waals surface area contributed by atoms with Crippen molar-refractivity contribution in [3.8, 4) is 5.75 Å². The number of aromatic nitrogens is 1. The number of nitrogens with zero attached hydrogens (tertiary/aromatic N) is 1. The van der Waals surface area contributed by atoms with E-state index in [4.69, 9.17) is 10.5 Å². The molecule has 1 aromatic carbocycles.